The number of aliphatic hydroxyl groups is 1. The Bertz CT molecular complexity index is 476. The second kappa shape index (κ2) is 5.10. The fraction of sp³-hybridized carbons (Fsp3) is 0.571. The highest BCUT2D eigenvalue weighted by atomic mass is 35.5. The Hall–Kier alpha value is -1.13. The summed E-state index contributed by atoms with van der Waals surface area (Å²) < 4.78 is 10.5. The predicted octanol–water partition coefficient (Wildman–Crippen LogP) is 2.93. The second-order valence-corrected chi connectivity index (χ2v) is 5.86. The zero-order valence-corrected chi connectivity index (χ0v) is 12.4. The van der Waals surface area contributed by atoms with Crippen LogP contribution in [-0.2, 0) is 0 Å². The Morgan fingerprint density at radius 2 is 1.89 bits per heavy atom. The first kappa shape index (κ1) is 14.3. The summed E-state index contributed by atoms with van der Waals surface area (Å²) in [5.74, 6) is 1.27. The van der Waals surface area contributed by atoms with Crippen molar-refractivity contribution in [1.82, 2.24) is 0 Å². The fourth-order valence-electron chi connectivity index (χ4n) is 2.31. The lowest BCUT2D eigenvalue weighted by atomic mass is 9.64. The molecule has 0 heterocycles. The fourth-order valence-corrected chi connectivity index (χ4v) is 2.54. The van der Waals surface area contributed by atoms with Crippen molar-refractivity contribution >= 4 is 17.3 Å². The summed E-state index contributed by atoms with van der Waals surface area (Å²) in [6, 6.07) is 3.74. The quantitative estimate of drug-likeness (QED) is 0.893. The molecule has 4 nitrogen and oxygen atoms in total. The lowest BCUT2D eigenvalue weighted by Crippen LogP contribution is -2.56. The van der Waals surface area contributed by atoms with Crippen LogP contribution in [0.5, 0.6) is 11.5 Å². The van der Waals surface area contributed by atoms with E-state index in [1.54, 1.807) is 20.3 Å². The third-order valence-electron chi connectivity index (χ3n) is 4.02. The Labute approximate surface area is 118 Å². The van der Waals surface area contributed by atoms with E-state index >= 15 is 0 Å². The number of aliphatic hydroxyl groups excluding tert-OH is 1. The van der Waals surface area contributed by atoms with Crippen LogP contribution >= 0.6 is 11.6 Å². The van der Waals surface area contributed by atoms with Crippen LogP contribution in [0.25, 0.3) is 0 Å². The number of anilines is 1. The van der Waals surface area contributed by atoms with Crippen LogP contribution in [0.2, 0.25) is 5.02 Å². The molecule has 0 amide bonds. The van der Waals surface area contributed by atoms with Gasteiger partial charge in [-0.2, -0.15) is 0 Å². The Kier molecular flexibility index (Phi) is 3.83. The topological polar surface area (TPSA) is 50.7 Å². The van der Waals surface area contributed by atoms with Crippen LogP contribution in [0.3, 0.4) is 0 Å². The molecular weight excluding hydrogens is 266 g/mol. The zero-order valence-electron chi connectivity index (χ0n) is 11.7. The van der Waals surface area contributed by atoms with Crippen LogP contribution < -0.4 is 14.8 Å². The molecule has 5 heteroatoms. The molecule has 2 rings (SSSR count). The van der Waals surface area contributed by atoms with E-state index in [1.807, 2.05) is 19.9 Å². The molecule has 1 aromatic rings. The maximum absolute atomic E-state index is 9.78. The SMILES string of the molecule is COc1cc(NC2CC(O)C2(C)C)c(OC)cc1Cl. The summed E-state index contributed by atoms with van der Waals surface area (Å²) in [6.45, 7) is 4.08. The van der Waals surface area contributed by atoms with E-state index in [9.17, 15) is 5.11 Å². The van der Waals surface area contributed by atoms with Gasteiger partial charge in [-0.15, -0.1) is 0 Å². The van der Waals surface area contributed by atoms with Gasteiger partial charge in [0.2, 0.25) is 0 Å². The van der Waals surface area contributed by atoms with Crippen LogP contribution in [0.15, 0.2) is 12.1 Å². The maximum Gasteiger partial charge on any atom is 0.143 e. The van der Waals surface area contributed by atoms with E-state index in [0.29, 0.717) is 16.5 Å². The van der Waals surface area contributed by atoms with Gasteiger partial charge in [-0.05, 0) is 6.42 Å². The summed E-state index contributed by atoms with van der Waals surface area (Å²) in [7, 11) is 3.18. The Balaban J connectivity index is 2.25. The lowest BCUT2D eigenvalue weighted by molar-refractivity contribution is -0.0511. The van der Waals surface area contributed by atoms with Gasteiger partial charge < -0.3 is 19.9 Å². The Morgan fingerprint density at radius 3 is 2.37 bits per heavy atom. The van der Waals surface area contributed by atoms with Crippen molar-refractivity contribution in [2.45, 2.75) is 32.4 Å². The molecule has 2 unspecified atom stereocenters. The monoisotopic (exact) mass is 285 g/mol. The van der Waals surface area contributed by atoms with Crippen LogP contribution in [0.1, 0.15) is 20.3 Å². The third kappa shape index (κ3) is 2.47. The first-order chi connectivity index (χ1) is 8.90. The molecule has 0 saturated heterocycles. The van der Waals surface area contributed by atoms with Crippen molar-refractivity contribution in [3.05, 3.63) is 17.2 Å². The van der Waals surface area contributed by atoms with Gasteiger partial charge >= 0.3 is 0 Å². The molecule has 1 saturated carbocycles. The number of nitrogens with one attached hydrogen (secondary N) is 1. The van der Waals surface area contributed by atoms with Gasteiger partial charge in [-0.1, -0.05) is 25.4 Å². The van der Waals surface area contributed by atoms with E-state index < -0.39 is 0 Å². The van der Waals surface area contributed by atoms with Gasteiger partial charge in [0.05, 0.1) is 31.0 Å². The van der Waals surface area contributed by atoms with Crippen LogP contribution in [0.4, 0.5) is 5.69 Å². The van der Waals surface area contributed by atoms with Crippen LogP contribution in [-0.4, -0.2) is 31.5 Å². The average molecular weight is 286 g/mol. The number of hydrogen-bond acceptors (Lipinski definition) is 4. The lowest BCUT2D eigenvalue weighted by Gasteiger charge is -2.50. The average Bonchev–Trinajstić information content (AvgIpc) is 2.39. The Morgan fingerprint density at radius 1 is 1.26 bits per heavy atom. The summed E-state index contributed by atoms with van der Waals surface area (Å²) in [6.07, 6.45) is 0.450. The molecule has 2 N–H and O–H groups in total. The molecule has 0 aromatic heterocycles. The van der Waals surface area contributed by atoms with Gasteiger partial charge in [0.25, 0.3) is 0 Å². The summed E-state index contributed by atoms with van der Waals surface area (Å²) >= 11 is 6.07. The normalized spacial score (nSPS) is 24.5. The molecule has 1 aliphatic rings. The largest absolute Gasteiger partial charge is 0.495 e. The van der Waals surface area contributed by atoms with Gasteiger partial charge in [0.1, 0.15) is 11.5 Å². The molecule has 19 heavy (non-hydrogen) atoms. The van der Waals surface area contributed by atoms with E-state index in [1.165, 1.54) is 0 Å². The smallest absolute Gasteiger partial charge is 0.143 e. The molecule has 0 radical (unpaired) electrons. The molecule has 2 atom stereocenters. The van der Waals surface area contributed by atoms with Gasteiger partial charge in [0.15, 0.2) is 0 Å². The van der Waals surface area contributed by atoms with Crippen molar-refractivity contribution < 1.29 is 14.6 Å². The minimum Gasteiger partial charge on any atom is -0.495 e. The second-order valence-electron chi connectivity index (χ2n) is 5.46. The van der Waals surface area contributed by atoms with Gasteiger partial charge in [0, 0.05) is 23.6 Å². The molecule has 106 valence electrons. The van der Waals surface area contributed by atoms with E-state index in [0.717, 1.165) is 12.1 Å². The third-order valence-corrected chi connectivity index (χ3v) is 4.31. The van der Waals surface area contributed by atoms with Gasteiger partial charge in [-0.3, -0.25) is 0 Å². The molecule has 0 aliphatic heterocycles. The molecular formula is C14H20ClNO3. The number of methoxy groups -OCH3 is 2. The molecule has 0 bridgehead atoms. The number of ether oxygens (including phenoxy) is 2. The first-order valence-electron chi connectivity index (χ1n) is 6.26. The predicted molar refractivity (Wildman–Crippen MR) is 76.4 cm³/mol. The highest BCUT2D eigenvalue weighted by molar-refractivity contribution is 6.32. The van der Waals surface area contributed by atoms with Crippen LogP contribution in [0, 0.1) is 5.41 Å². The molecule has 1 aromatic carbocycles. The van der Waals surface area contributed by atoms with Crippen molar-refractivity contribution in [2.24, 2.45) is 5.41 Å². The standard InChI is InChI=1S/C14H20ClNO3/c1-14(2)12(7-13(14)17)16-9-6-10(18-3)8(15)5-11(9)19-4/h5-6,12-13,16-17H,7H2,1-4H3. The highest BCUT2D eigenvalue weighted by Crippen LogP contribution is 2.44. The number of hydrogen-bond donors (Lipinski definition) is 2. The maximum atomic E-state index is 9.78. The highest BCUT2D eigenvalue weighted by Gasteiger charge is 2.47. The molecule has 0 spiro atoms. The number of halogens is 1. The van der Waals surface area contributed by atoms with E-state index in [2.05, 4.69) is 5.32 Å². The van der Waals surface area contributed by atoms with Crippen molar-refractivity contribution in [3.8, 4) is 11.5 Å². The zero-order chi connectivity index (χ0) is 14.2. The minimum absolute atomic E-state index is 0.155. The molecule has 1 fully saturated rings. The van der Waals surface area contributed by atoms with Crippen molar-refractivity contribution in [1.29, 1.82) is 0 Å². The van der Waals surface area contributed by atoms with Crippen molar-refractivity contribution in [2.75, 3.05) is 19.5 Å². The number of rotatable bonds is 4. The molecule has 1 aliphatic carbocycles. The van der Waals surface area contributed by atoms with Crippen molar-refractivity contribution in [3.63, 3.8) is 0 Å². The minimum atomic E-state index is -0.273. The van der Waals surface area contributed by atoms with Gasteiger partial charge in [-0.25, -0.2) is 0 Å². The summed E-state index contributed by atoms with van der Waals surface area (Å²) in [5.41, 5.74) is 0.673. The summed E-state index contributed by atoms with van der Waals surface area (Å²) in [4.78, 5) is 0. The van der Waals surface area contributed by atoms with E-state index in [-0.39, 0.29) is 17.6 Å². The first-order valence-corrected chi connectivity index (χ1v) is 6.64. The number of benzene rings is 1. The van der Waals surface area contributed by atoms with E-state index in [4.69, 9.17) is 21.1 Å². The summed E-state index contributed by atoms with van der Waals surface area (Å²) in [5, 5.41) is 13.7.